The minimum absolute atomic E-state index is 0.0804. The summed E-state index contributed by atoms with van der Waals surface area (Å²) >= 11 is 0. The second-order valence-corrected chi connectivity index (χ2v) is 9.06. The first-order valence-corrected chi connectivity index (χ1v) is 10.8. The summed E-state index contributed by atoms with van der Waals surface area (Å²) in [6.07, 6.45) is 4.26. The number of nitrogens with one attached hydrogen (secondary N) is 1. The van der Waals surface area contributed by atoms with Crippen LogP contribution in [-0.4, -0.2) is 67.4 Å². The van der Waals surface area contributed by atoms with Gasteiger partial charge in [0.25, 0.3) is 5.91 Å². The fourth-order valence-electron chi connectivity index (χ4n) is 5.13. The molecule has 4 fully saturated rings. The molecule has 158 valence electrons. The minimum Gasteiger partial charge on any atom is -0.381 e. The van der Waals surface area contributed by atoms with Crippen molar-refractivity contribution in [3.8, 4) is 0 Å². The highest BCUT2D eigenvalue weighted by Crippen LogP contribution is 2.39. The summed E-state index contributed by atoms with van der Waals surface area (Å²) < 4.78 is 16.4. The molecule has 8 nitrogen and oxygen atoms in total. The van der Waals surface area contributed by atoms with Gasteiger partial charge in [0.1, 0.15) is 0 Å². The van der Waals surface area contributed by atoms with Crippen LogP contribution in [-0.2, 0) is 14.3 Å². The zero-order chi connectivity index (χ0) is 20.0. The second-order valence-electron chi connectivity index (χ2n) is 9.06. The first-order chi connectivity index (χ1) is 14.1. The number of amides is 2. The van der Waals surface area contributed by atoms with E-state index in [1.54, 1.807) is 13.2 Å². The van der Waals surface area contributed by atoms with Gasteiger partial charge in [-0.15, -0.1) is 0 Å². The van der Waals surface area contributed by atoms with E-state index in [1.165, 1.54) is 0 Å². The molecule has 2 saturated carbocycles. The highest BCUT2D eigenvalue weighted by atomic mass is 16.5. The van der Waals surface area contributed by atoms with Crippen molar-refractivity contribution in [3.63, 3.8) is 0 Å². The molecule has 1 N–H and O–H groups in total. The van der Waals surface area contributed by atoms with Crippen molar-refractivity contribution in [2.45, 2.75) is 50.2 Å². The van der Waals surface area contributed by atoms with E-state index < -0.39 is 0 Å². The van der Waals surface area contributed by atoms with Crippen molar-refractivity contribution in [3.05, 3.63) is 17.5 Å². The third kappa shape index (κ3) is 3.80. The first kappa shape index (κ1) is 19.1. The van der Waals surface area contributed by atoms with Crippen LogP contribution in [0.25, 0.3) is 0 Å². The highest BCUT2D eigenvalue weighted by Gasteiger charge is 2.43. The summed E-state index contributed by atoms with van der Waals surface area (Å²) in [6, 6.07) is 1.53. The van der Waals surface area contributed by atoms with Gasteiger partial charge in [-0.1, -0.05) is 5.16 Å². The molecule has 8 heteroatoms. The maximum Gasteiger partial charge on any atom is 0.290 e. The molecule has 0 unspecified atom stereocenters. The Kier molecular flexibility index (Phi) is 5.07. The zero-order valence-electron chi connectivity index (χ0n) is 16.8. The third-order valence-corrected chi connectivity index (χ3v) is 7.06. The predicted molar refractivity (Wildman–Crippen MR) is 102 cm³/mol. The number of nitrogens with zero attached hydrogens (tertiary/aromatic N) is 2. The summed E-state index contributed by atoms with van der Waals surface area (Å²) in [4.78, 5) is 27.8. The Labute approximate surface area is 170 Å². The van der Waals surface area contributed by atoms with Crippen LogP contribution >= 0.6 is 0 Å². The van der Waals surface area contributed by atoms with E-state index in [2.05, 4.69) is 10.5 Å². The first-order valence-electron chi connectivity index (χ1n) is 10.8. The fourth-order valence-corrected chi connectivity index (χ4v) is 5.13. The number of likely N-dealkylation sites (tertiary alicyclic amines) is 1. The molecule has 4 aliphatic rings. The van der Waals surface area contributed by atoms with Crippen LogP contribution in [0.1, 0.15) is 54.3 Å². The van der Waals surface area contributed by atoms with Crippen LogP contribution < -0.4 is 5.32 Å². The largest absolute Gasteiger partial charge is 0.381 e. The lowest BCUT2D eigenvalue weighted by Crippen LogP contribution is -2.50. The molecule has 1 aromatic rings. The maximum absolute atomic E-state index is 13.1. The minimum atomic E-state index is -0.280. The normalized spacial score (nSPS) is 34.2. The van der Waals surface area contributed by atoms with Gasteiger partial charge in [0, 0.05) is 49.9 Å². The predicted octanol–water partition coefficient (Wildman–Crippen LogP) is 1.57. The molecule has 0 bridgehead atoms. The average molecular weight is 403 g/mol. The van der Waals surface area contributed by atoms with Gasteiger partial charge >= 0.3 is 0 Å². The molecule has 0 aromatic carbocycles. The van der Waals surface area contributed by atoms with E-state index >= 15 is 0 Å². The molecular formula is C21H29N3O5. The quantitative estimate of drug-likeness (QED) is 0.802. The molecule has 29 heavy (non-hydrogen) atoms. The number of hydrogen-bond acceptors (Lipinski definition) is 6. The summed E-state index contributed by atoms with van der Waals surface area (Å²) in [5.74, 6) is 1.50. The molecule has 1 aromatic heterocycles. The number of fused-ring (bicyclic) bond motifs is 1. The SMILES string of the molecule is CO[C@@H]1CC[C@H](C(=O)N2C[C@H]3COC[C@H]3C2)C[C@H]1NC(=O)c1cc(C2CC2)no1. The Bertz CT molecular complexity index is 764. The van der Waals surface area contributed by atoms with Crippen LogP contribution in [0, 0.1) is 17.8 Å². The van der Waals surface area contributed by atoms with Crippen molar-refractivity contribution in [2.75, 3.05) is 33.4 Å². The summed E-state index contributed by atoms with van der Waals surface area (Å²) in [7, 11) is 1.66. The van der Waals surface area contributed by atoms with Crippen molar-refractivity contribution in [2.24, 2.45) is 17.8 Å². The fraction of sp³-hybridized carbons (Fsp3) is 0.762. The Balaban J connectivity index is 1.22. The van der Waals surface area contributed by atoms with Crippen molar-refractivity contribution in [1.29, 1.82) is 0 Å². The van der Waals surface area contributed by atoms with E-state index in [9.17, 15) is 9.59 Å². The van der Waals surface area contributed by atoms with E-state index in [1.807, 2.05) is 4.90 Å². The van der Waals surface area contributed by atoms with Crippen LogP contribution in [0.15, 0.2) is 10.6 Å². The second kappa shape index (κ2) is 7.72. The van der Waals surface area contributed by atoms with Crippen LogP contribution in [0.4, 0.5) is 0 Å². The van der Waals surface area contributed by atoms with E-state index in [-0.39, 0.29) is 35.6 Å². The molecule has 2 amide bonds. The van der Waals surface area contributed by atoms with Gasteiger partial charge in [0.05, 0.1) is 31.1 Å². The summed E-state index contributed by atoms with van der Waals surface area (Å²) in [5.41, 5.74) is 0.860. The number of methoxy groups -OCH3 is 1. The maximum atomic E-state index is 13.1. The van der Waals surface area contributed by atoms with Gasteiger partial charge in [0.15, 0.2) is 0 Å². The number of carbonyl (C=O) groups excluding carboxylic acids is 2. The third-order valence-electron chi connectivity index (χ3n) is 7.06. The number of carbonyl (C=O) groups is 2. The van der Waals surface area contributed by atoms with E-state index in [4.69, 9.17) is 14.0 Å². The van der Waals surface area contributed by atoms with Gasteiger partial charge in [-0.2, -0.15) is 0 Å². The summed E-state index contributed by atoms with van der Waals surface area (Å²) in [6.45, 7) is 3.13. The van der Waals surface area contributed by atoms with Gasteiger partial charge in [-0.05, 0) is 32.1 Å². The Morgan fingerprint density at radius 1 is 1.17 bits per heavy atom. The van der Waals surface area contributed by atoms with Gasteiger partial charge in [-0.3, -0.25) is 9.59 Å². The Morgan fingerprint density at radius 3 is 2.62 bits per heavy atom. The van der Waals surface area contributed by atoms with Crippen molar-refractivity contribution >= 4 is 11.8 Å². The molecular weight excluding hydrogens is 374 g/mol. The number of hydrogen-bond donors (Lipinski definition) is 1. The average Bonchev–Trinajstić information content (AvgIpc) is 3.13. The molecule has 2 aliphatic heterocycles. The molecule has 0 spiro atoms. The molecule has 2 aliphatic carbocycles. The molecule has 3 heterocycles. The number of rotatable bonds is 5. The lowest BCUT2D eigenvalue weighted by atomic mass is 9.82. The topological polar surface area (TPSA) is 93.9 Å². The van der Waals surface area contributed by atoms with Crippen molar-refractivity contribution < 1.29 is 23.6 Å². The van der Waals surface area contributed by atoms with Gasteiger partial charge in [0.2, 0.25) is 11.7 Å². The highest BCUT2D eigenvalue weighted by molar-refractivity contribution is 5.91. The monoisotopic (exact) mass is 403 g/mol. The van der Waals surface area contributed by atoms with Crippen molar-refractivity contribution in [1.82, 2.24) is 15.4 Å². The Morgan fingerprint density at radius 2 is 1.93 bits per heavy atom. The molecule has 2 saturated heterocycles. The number of aromatic nitrogens is 1. The molecule has 5 atom stereocenters. The summed E-state index contributed by atoms with van der Waals surface area (Å²) in [5, 5.41) is 7.05. The molecule has 0 radical (unpaired) electrons. The van der Waals surface area contributed by atoms with E-state index in [0.717, 1.165) is 57.7 Å². The van der Waals surface area contributed by atoms with Crippen LogP contribution in [0.5, 0.6) is 0 Å². The van der Waals surface area contributed by atoms with Crippen LogP contribution in [0.3, 0.4) is 0 Å². The lowest BCUT2D eigenvalue weighted by Gasteiger charge is -2.36. The standard InChI is InChI=1S/C21H29N3O5/c1-27-18-5-4-13(21(26)24-8-14-10-28-11-15(14)9-24)6-17(18)22-20(25)19-7-16(23-29-19)12-2-3-12/h7,12-15,17-18H,2-6,8-11H2,1H3,(H,22,25)/t13-,14-,15+,17+,18+/m0/s1. The smallest absolute Gasteiger partial charge is 0.290 e. The van der Waals surface area contributed by atoms with E-state index in [0.29, 0.717) is 24.2 Å². The lowest BCUT2D eigenvalue weighted by molar-refractivity contribution is -0.137. The van der Waals surface area contributed by atoms with Gasteiger partial charge < -0.3 is 24.2 Å². The van der Waals surface area contributed by atoms with Crippen LogP contribution in [0.2, 0.25) is 0 Å². The zero-order valence-corrected chi connectivity index (χ0v) is 16.8. The Hall–Kier alpha value is -1.93. The van der Waals surface area contributed by atoms with Gasteiger partial charge in [-0.25, -0.2) is 0 Å². The molecule has 5 rings (SSSR count). The number of ether oxygens (including phenoxy) is 2.